The van der Waals surface area contributed by atoms with Crippen LogP contribution in [0.25, 0.3) is 0 Å². The van der Waals surface area contributed by atoms with Crippen LogP contribution in [0.2, 0.25) is 0 Å². The number of alkyl halides is 3. The van der Waals surface area contributed by atoms with Crippen molar-refractivity contribution in [3.63, 3.8) is 0 Å². The standard InChI is InChI=1S/C11H11F3O2/c12-11(13,14)10-8(6-15)5-7-3-1-2-4-9(7)16-10/h1-4,8,10,15H,5-6H2/t8-,10-/m0/s1. The molecule has 0 saturated carbocycles. The van der Waals surface area contributed by atoms with E-state index in [-0.39, 0.29) is 12.2 Å². The monoisotopic (exact) mass is 232 g/mol. The smallest absolute Gasteiger partial charge is 0.425 e. The molecule has 0 unspecified atom stereocenters. The minimum Gasteiger partial charge on any atom is -0.480 e. The first-order chi connectivity index (χ1) is 7.52. The predicted octanol–water partition coefficient (Wildman–Crippen LogP) is 2.16. The number of para-hydroxylation sites is 1. The Morgan fingerprint density at radius 3 is 2.62 bits per heavy atom. The van der Waals surface area contributed by atoms with Gasteiger partial charge in [0.05, 0.1) is 6.61 Å². The highest BCUT2D eigenvalue weighted by molar-refractivity contribution is 5.36. The van der Waals surface area contributed by atoms with Gasteiger partial charge in [0.1, 0.15) is 5.75 Å². The minimum atomic E-state index is -4.44. The number of ether oxygens (including phenoxy) is 1. The summed E-state index contributed by atoms with van der Waals surface area (Å²) < 4.78 is 42.8. The number of hydrogen-bond acceptors (Lipinski definition) is 2. The summed E-state index contributed by atoms with van der Waals surface area (Å²) in [5.74, 6) is -0.663. The van der Waals surface area contributed by atoms with E-state index >= 15 is 0 Å². The fourth-order valence-corrected chi connectivity index (χ4v) is 1.90. The lowest BCUT2D eigenvalue weighted by molar-refractivity contribution is -0.216. The van der Waals surface area contributed by atoms with Crippen molar-refractivity contribution in [2.45, 2.75) is 18.7 Å². The average Bonchev–Trinajstić information content (AvgIpc) is 2.26. The van der Waals surface area contributed by atoms with E-state index in [1.54, 1.807) is 18.2 Å². The second kappa shape index (κ2) is 3.97. The van der Waals surface area contributed by atoms with Crippen molar-refractivity contribution in [3.8, 4) is 5.75 Å². The van der Waals surface area contributed by atoms with Gasteiger partial charge in [0, 0.05) is 5.92 Å². The van der Waals surface area contributed by atoms with Gasteiger partial charge in [-0.05, 0) is 18.1 Å². The number of aliphatic hydroxyl groups excluding tert-OH is 1. The molecule has 2 rings (SSSR count). The molecular formula is C11H11F3O2. The average molecular weight is 232 g/mol. The highest BCUT2D eigenvalue weighted by Crippen LogP contribution is 2.37. The van der Waals surface area contributed by atoms with E-state index in [9.17, 15) is 13.2 Å². The Labute approximate surface area is 90.7 Å². The molecule has 0 spiro atoms. The molecule has 0 saturated heterocycles. The van der Waals surface area contributed by atoms with Gasteiger partial charge in [-0.25, -0.2) is 0 Å². The van der Waals surface area contributed by atoms with E-state index in [1.165, 1.54) is 6.07 Å². The van der Waals surface area contributed by atoms with Crippen molar-refractivity contribution in [1.82, 2.24) is 0 Å². The number of fused-ring (bicyclic) bond motifs is 1. The van der Waals surface area contributed by atoms with Crippen LogP contribution >= 0.6 is 0 Å². The minimum absolute atomic E-state index is 0.191. The summed E-state index contributed by atoms with van der Waals surface area (Å²) in [5, 5.41) is 8.97. The maximum absolute atomic E-state index is 12.6. The highest BCUT2D eigenvalue weighted by Gasteiger charge is 2.48. The Hall–Kier alpha value is -1.23. The van der Waals surface area contributed by atoms with Gasteiger partial charge in [0.25, 0.3) is 0 Å². The topological polar surface area (TPSA) is 29.5 Å². The van der Waals surface area contributed by atoms with Crippen LogP contribution in [0, 0.1) is 5.92 Å². The summed E-state index contributed by atoms with van der Waals surface area (Å²) in [6.45, 7) is -0.529. The molecule has 1 N–H and O–H groups in total. The molecule has 0 amide bonds. The molecule has 2 nitrogen and oxygen atoms in total. The number of hydrogen-bond donors (Lipinski definition) is 1. The third-order valence-corrected chi connectivity index (χ3v) is 2.69. The zero-order chi connectivity index (χ0) is 11.8. The molecule has 88 valence electrons. The number of halogens is 3. The Bertz CT molecular complexity index is 376. The molecule has 16 heavy (non-hydrogen) atoms. The third kappa shape index (κ3) is 2.00. The van der Waals surface area contributed by atoms with Gasteiger partial charge < -0.3 is 9.84 Å². The van der Waals surface area contributed by atoms with Crippen LogP contribution in [-0.2, 0) is 6.42 Å². The zero-order valence-electron chi connectivity index (χ0n) is 8.37. The summed E-state index contributed by atoms with van der Waals surface area (Å²) in [7, 11) is 0. The van der Waals surface area contributed by atoms with Crippen molar-refractivity contribution >= 4 is 0 Å². The molecule has 1 heterocycles. The van der Waals surface area contributed by atoms with Crippen LogP contribution in [0.5, 0.6) is 5.75 Å². The maximum Gasteiger partial charge on any atom is 0.425 e. The lowest BCUT2D eigenvalue weighted by atomic mass is 9.91. The van der Waals surface area contributed by atoms with Crippen LogP contribution in [0.4, 0.5) is 13.2 Å². The second-order valence-electron chi connectivity index (χ2n) is 3.83. The Kier molecular flexibility index (Phi) is 2.80. The first kappa shape index (κ1) is 11.3. The largest absolute Gasteiger partial charge is 0.480 e. The molecule has 0 radical (unpaired) electrons. The molecule has 1 aliphatic heterocycles. The zero-order valence-corrected chi connectivity index (χ0v) is 8.37. The molecule has 0 aliphatic carbocycles. The van der Waals surface area contributed by atoms with Crippen LogP contribution in [0.3, 0.4) is 0 Å². The first-order valence-corrected chi connectivity index (χ1v) is 4.94. The van der Waals surface area contributed by atoms with Gasteiger partial charge in [0.15, 0.2) is 6.10 Å². The summed E-state index contributed by atoms with van der Waals surface area (Å²) in [6, 6.07) is 6.60. The van der Waals surface area contributed by atoms with Crippen LogP contribution in [0.1, 0.15) is 5.56 Å². The van der Waals surface area contributed by atoms with E-state index < -0.39 is 24.8 Å². The summed E-state index contributed by atoms with van der Waals surface area (Å²) in [5.41, 5.74) is 0.710. The maximum atomic E-state index is 12.6. The fourth-order valence-electron chi connectivity index (χ4n) is 1.90. The molecule has 1 aromatic carbocycles. The lowest BCUT2D eigenvalue weighted by Crippen LogP contribution is -2.45. The number of aliphatic hydroxyl groups is 1. The molecule has 0 aromatic heterocycles. The quantitative estimate of drug-likeness (QED) is 0.804. The van der Waals surface area contributed by atoms with E-state index in [1.807, 2.05) is 0 Å². The van der Waals surface area contributed by atoms with Crippen molar-refractivity contribution < 1.29 is 23.0 Å². The van der Waals surface area contributed by atoms with Crippen LogP contribution < -0.4 is 4.74 Å². The molecule has 0 fully saturated rings. The molecule has 1 aromatic rings. The molecule has 0 bridgehead atoms. The van der Waals surface area contributed by atoms with Gasteiger partial charge in [-0.15, -0.1) is 0 Å². The fraction of sp³-hybridized carbons (Fsp3) is 0.455. The normalized spacial score (nSPS) is 24.8. The Balaban J connectivity index is 2.31. The van der Waals surface area contributed by atoms with E-state index in [4.69, 9.17) is 9.84 Å². The van der Waals surface area contributed by atoms with E-state index in [0.29, 0.717) is 5.56 Å². The van der Waals surface area contributed by atoms with E-state index in [2.05, 4.69) is 0 Å². The summed E-state index contributed by atoms with van der Waals surface area (Å²) >= 11 is 0. The van der Waals surface area contributed by atoms with Crippen molar-refractivity contribution in [2.75, 3.05) is 6.61 Å². The SMILES string of the molecule is OC[C@@H]1Cc2ccccc2O[C@@H]1C(F)(F)F. The van der Waals surface area contributed by atoms with Crippen molar-refractivity contribution in [2.24, 2.45) is 5.92 Å². The van der Waals surface area contributed by atoms with Gasteiger partial charge in [-0.2, -0.15) is 13.2 Å². The molecule has 5 heteroatoms. The molecule has 1 aliphatic rings. The van der Waals surface area contributed by atoms with Crippen LogP contribution in [-0.4, -0.2) is 24.0 Å². The number of benzene rings is 1. The third-order valence-electron chi connectivity index (χ3n) is 2.69. The van der Waals surface area contributed by atoms with Gasteiger partial charge >= 0.3 is 6.18 Å². The lowest BCUT2D eigenvalue weighted by Gasteiger charge is -2.33. The number of rotatable bonds is 1. The first-order valence-electron chi connectivity index (χ1n) is 4.94. The Morgan fingerprint density at radius 2 is 2.00 bits per heavy atom. The van der Waals surface area contributed by atoms with Crippen molar-refractivity contribution in [3.05, 3.63) is 29.8 Å². The predicted molar refractivity (Wildman–Crippen MR) is 51.2 cm³/mol. The molecular weight excluding hydrogens is 221 g/mol. The van der Waals surface area contributed by atoms with E-state index in [0.717, 1.165) is 0 Å². The van der Waals surface area contributed by atoms with Gasteiger partial charge in [0.2, 0.25) is 0 Å². The van der Waals surface area contributed by atoms with Crippen molar-refractivity contribution in [1.29, 1.82) is 0 Å². The van der Waals surface area contributed by atoms with Gasteiger partial charge in [-0.3, -0.25) is 0 Å². The summed E-state index contributed by atoms with van der Waals surface area (Å²) in [4.78, 5) is 0. The van der Waals surface area contributed by atoms with Crippen LogP contribution in [0.15, 0.2) is 24.3 Å². The second-order valence-corrected chi connectivity index (χ2v) is 3.83. The highest BCUT2D eigenvalue weighted by atomic mass is 19.4. The van der Waals surface area contributed by atoms with Gasteiger partial charge in [-0.1, -0.05) is 18.2 Å². The molecule has 2 atom stereocenters. The summed E-state index contributed by atoms with van der Waals surface area (Å²) in [6.07, 6.45) is -6.16. The Morgan fingerprint density at radius 1 is 1.31 bits per heavy atom.